The highest BCUT2D eigenvalue weighted by molar-refractivity contribution is 14.0. The molecule has 0 amide bonds. The van der Waals surface area contributed by atoms with E-state index in [1.165, 1.54) is 0 Å². The van der Waals surface area contributed by atoms with Gasteiger partial charge in [-0.25, -0.2) is 0 Å². The summed E-state index contributed by atoms with van der Waals surface area (Å²) in [6, 6.07) is 9.64. The number of benzene rings is 1. The molecule has 136 valence electrons. The quantitative estimate of drug-likeness (QED) is 0.395. The van der Waals surface area contributed by atoms with E-state index in [4.69, 9.17) is 9.47 Å². The number of hydrogen-bond acceptors (Lipinski definition) is 4. The first kappa shape index (κ1) is 21.0. The molecular weight excluding hydrogens is 431 g/mol. The number of hydrogen-bond donors (Lipinski definition) is 2. The topological polar surface area (TPSA) is 67.8 Å². The van der Waals surface area contributed by atoms with Crippen LogP contribution in [0, 0.1) is 6.92 Å². The summed E-state index contributed by atoms with van der Waals surface area (Å²) in [4.78, 5) is 8.61. The lowest BCUT2D eigenvalue weighted by Gasteiger charge is -2.15. The van der Waals surface area contributed by atoms with Crippen LogP contribution in [0.4, 0.5) is 5.69 Å². The fourth-order valence-corrected chi connectivity index (χ4v) is 2.21. The molecule has 0 spiro atoms. The number of halogens is 1. The fraction of sp³-hybridized carbons (Fsp3) is 0.333. The fourth-order valence-electron chi connectivity index (χ4n) is 2.21. The second-order valence-corrected chi connectivity index (χ2v) is 5.12. The molecule has 2 N–H and O–H groups in total. The number of nitrogens with one attached hydrogen (secondary N) is 2. The Bertz CT molecular complexity index is 707. The van der Waals surface area contributed by atoms with Crippen molar-refractivity contribution in [3.05, 3.63) is 47.8 Å². The standard InChI is InChI=1S/C18H24N4O2.HI/c1-5-24-17-11-14(8-9-16(17)23-4)22-18(19-3)21-12-15-13(2)7-6-10-20-15;/h6-11H,5,12H2,1-4H3,(H2,19,21,22);1H. The number of ether oxygens (including phenoxy) is 2. The number of aliphatic imine (C=N–C) groups is 1. The number of aryl methyl sites for hydroxylation is 1. The molecule has 0 unspecified atom stereocenters. The maximum absolute atomic E-state index is 5.59. The van der Waals surface area contributed by atoms with Crippen LogP contribution in [0.1, 0.15) is 18.2 Å². The van der Waals surface area contributed by atoms with Crippen molar-refractivity contribution in [2.24, 2.45) is 4.99 Å². The van der Waals surface area contributed by atoms with Crippen molar-refractivity contribution < 1.29 is 9.47 Å². The van der Waals surface area contributed by atoms with Crippen LogP contribution in [0.3, 0.4) is 0 Å². The van der Waals surface area contributed by atoms with Gasteiger partial charge >= 0.3 is 0 Å². The molecule has 1 heterocycles. The van der Waals surface area contributed by atoms with Gasteiger partial charge in [0.05, 0.1) is 26.0 Å². The summed E-state index contributed by atoms with van der Waals surface area (Å²) in [5.41, 5.74) is 3.00. The number of rotatable bonds is 6. The number of anilines is 1. The molecule has 0 radical (unpaired) electrons. The lowest BCUT2D eigenvalue weighted by atomic mass is 10.2. The Labute approximate surface area is 166 Å². The average Bonchev–Trinajstić information content (AvgIpc) is 2.60. The van der Waals surface area contributed by atoms with E-state index in [1.807, 2.05) is 44.2 Å². The maximum Gasteiger partial charge on any atom is 0.195 e. The predicted molar refractivity (Wildman–Crippen MR) is 112 cm³/mol. The molecule has 2 rings (SSSR count). The van der Waals surface area contributed by atoms with Crippen LogP contribution in [0.5, 0.6) is 11.5 Å². The average molecular weight is 456 g/mol. The molecule has 25 heavy (non-hydrogen) atoms. The van der Waals surface area contributed by atoms with E-state index in [-0.39, 0.29) is 24.0 Å². The maximum atomic E-state index is 5.59. The van der Waals surface area contributed by atoms with E-state index in [1.54, 1.807) is 20.4 Å². The second-order valence-electron chi connectivity index (χ2n) is 5.12. The van der Waals surface area contributed by atoms with Crippen LogP contribution in [0.2, 0.25) is 0 Å². The van der Waals surface area contributed by atoms with Gasteiger partial charge in [0, 0.05) is 25.0 Å². The lowest BCUT2D eigenvalue weighted by Crippen LogP contribution is -2.30. The number of pyridine rings is 1. The molecule has 0 saturated heterocycles. The van der Waals surface area contributed by atoms with Crippen LogP contribution >= 0.6 is 24.0 Å². The largest absolute Gasteiger partial charge is 0.493 e. The molecule has 0 aliphatic carbocycles. The Kier molecular flexibility index (Phi) is 9.04. The van der Waals surface area contributed by atoms with Gasteiger partial charge < -0.3 is 20.1 Å². The highest BCUT2D eigenvalue weighted by Gasteiger charge is 2.07. The Hall–Kier alpha value is -2.03. The monoisotopic (exact) mass is 456 g/mol. The summed E-state index contributed by atoms with van der Waals surface area (Å²) in [6.07, 6.45) is 1.79. The van der Waals surface area contributed by atoms with Gasteiger partial charge in [-0.3, -0.25) is 9.98 Å². The Morgan fingerprint density at radius 3 is 2.68 bits per heavy atom. The van der Waals surface area contributed by atoms with Gasteiger partial charge in [0.1, 0.15) is 0 Å². The molecule has 0 bridgehead atoms. The van der Waals surface area contributed by atoms with Gasteiger partial charge in [-0.1, -0.05) is 6.07 Å². The molecule has 1 aromatic heterocycles. The molecule has 7 heteroatoms. The van der Waals surface area contributed by atoms with E-state index >= 15 is 0 Å². The Morgan fingerprint density at radius 1 is 1.24 bits per heavy atom. The smallest absolute Gasteiger partial charge is 0.195 e. The Morgan fingerprint density at radius 2 is 2.04 bits per heavy atom. The van der Waals surface area contributed by atoms with Gasteiger partial charge in [-0.15, -0.1) is 24.0 Å². The molecule has 1 aromatic carbocycles. The predicted octanol–water partition coefficient (Wildman–Crippen LogP) is 3.60. The van der Waals surface area contributed by atoms with Gasteiger partial charge in [0.25, 0.3) is 0 Å². The molecule has 0 aliphatic rings. The first-order valence-corrected chi connectivity index (χ1v) is 7.87. The van der Waals surface area contributed by atoms with Gasteiger partial charge in [0.15, 0.2) is 17.5 Å². The summed E-state index contributed by atoms with van der Waals surface area (Å²) in [5, 5.41) is 6.50. The third-order valence-corrected chi connectivity index (χ3v) is 3.49. The van der Waals surface area contributed by atoms with Crippen LogP contribution in [0.15, 0.2) is 41.5 Å². The lowest BCUT2D eigenvalue weighted by molar-refractivity contribution is 0.311. The minimum absolute atomic E-state index is 0. The molecule has 6 nitrogen and oxygen atoms in total. The normalized spacial score (nSPS) is 10.6. The number of guanidine groups is 1. The summed E-state index contributed by atoms with van der Waals surface area (Å²) < 4.78 is 10.9. The number of nitrogens with zero attached hydrogens (tertiary/aromatic N) is 2. The van der Waals surface area contributed by atoms with Crippen LogP contribution in [0.25, 0.3) is 0 Å². The molecule has 0 aliphatic heterocycles. The van der Waals surface area contributed by atoms with E-state index < -0.39 is 0 Å². The molecule has 0 atom stereocenters. The number of aromatic nitrogens is 1. The first-order chi connectivity index (χ1) is 11.7. The van der Waals surface area contributed by atoms with E-state index in [9.17, 15) is 0 Å². The van der Waals surface area contributed by atoms with Crippen molar-refractivity contribution in [1.82, 2.24) is 10.3 Å². The van der Waals surface area contributed by atoms with Crippen molar-refractivity contribution in [3.8, 4) is 11.5 Å². The Balaban J connectivity index is 0.00000312. The zero-order valence-corrected chi connectivity index (χ0v) is 17.3. The SMILES string of the molecule is CCOc1cc(NC(=NC)NCc2ncccc2C)ccc1OC.I. The van der Waals surface area contributed by atoms with Gasteiger partial charge in [0.2, 0.25) is 0 Å². The first-order valence-electron chi connectivity index (χ1n) is 7.87. The van der Waals surface area contributed by atoms with E-state index in [0.29, 0.717) is 30.6 Å². The zero-order chi connectivity index (χ0) is 17.4. The minimum atomic E-state index is 0. The molecular formula is C18H25IN4O2. The minimum Gasteiger partial charge on any atom is -0.493 e. The van der Waals surface area contributed by atoms with E-state index in [0.717, 1.165) is 16.9 Å². The van der Waals surface area contributed by atoms with Gasteiger partial charge in [-0.05, 0) is 37.6 Å². The molecule has 0 saturated carbocycles. The second kappa shape index (κ2) is 10.8. The summed E-state index contributed by atoms with van der Waals surface area (Å²) in [5.74, 6) is 2.06. The molecule has 2 aromatic rings. The highest BCUT2D eigenvalue weighted by atomic mass is 127. The summed E-state index contributed by atoms with van der Waals surface area (Å²) in [6.45, 7) is 5.15. The van der Waals surface area contributed by atoms with Crippen LogP contribution in [-0.4, -0.2) is 31.7 Å². The molecule has 0 fully saturated rings. The van der Waals surface area contributed by atoms with E-state index in [2.05, 4.69) is 20.6 Å². The van der Waals surface area contributed by atoms with Crippen molar-refractivity contribution in [3.63, 3.8) is 0 Å². The zero-order valence-electron chi connectivity index (χ0n) is 15.0. The third kappa shape index (κ3) is 6.08. The highest BCUT2D eigenvalue weighted by Crippen LogP contribution is 2.30. The van der Waals surface area contributed by atoms with Crippen LogP contribution < -0.4 is 20.1 Å². The van der Waals surface area contributed by atoms with Crippen molar-refractivity contribution in [1.29, 1.82) is 0 Å². The van der Waals surface area contributed by atoms with Crippen molar-refractivity contribution >= 4 is 35.6 Å². The summed E-state index contributed by atoms with van der Waals surface area (Å²) >= 11 is 0. The number of methoxy groups -OCH3 is 1. The van der Waals surface area contributed by atoms with Crippen LogP contribution in [-0.2, 0) is 6.54 Å². The van der Waals surface area contributed by atoms with Crippen molar-refractivity contribution in [2.45, 2.75) is 20.4 Å². The van der Waals surface area contributed by atoms with Gasteiger partial charge in [-0.2, -0.15) is 0 Å². The third-order valence-electron chi connectivity index (χ3n) is 3.49. The van der Waals surface area contributed by atoms with Crippen molar-refractivity contribution in [2.75, 3.05) is 26.1 Å². The summed E-state index contributed by atoms with van der Waals surface area (Å²) in [7, 11) is 3.36.